The molecule has 130 valence electrons. The first-order valence-corrected chi connectivity index (χ1v) is 8.10. The van der Waals surface area contributed by atoms with Crippen LogP contribution in [0, 0.1) is 0 Å². The van der Waals surface area contributed by atoms with Crippen LogP contribution in [-0.2, 0) is 6.61 Å². The first-order valence-electron chi connectivity index (χ1n) is 8.10. The number of nitrogens with zero attached hydrogens (tertiary/aromatic N) is 1. The van der Waals surface area contributed by atoms with Crippen molar-refractivity contribution in [3.05, 3.63) is 95.6 Å². The van der Waals surface area contributed by atoms with E-state index in [4.69, 9.17) is 9.84 Å². The van der Waals surface area contributed by atoms with Crippen LogP contribution >= 0.6 is 0 Å². The van der Waals surface area contributed by atoms with E-state index < -0.39 is 5.97 Å². The molecular formula is C21H18N2O3. The first kappa shape index (κ1) is 17.2. The zero-order chi connectivity index (χ0) is 18.2. The van der Waals surface area contributed by atoms with E-state index in [2.05, 4.69) is 10.5 Å². The third-order valence-electron chi connectivity index (χ3n) is 3.68. The molecule has 0 saturated heterocycles. The van der Waals surface area contributed by atoms with E-state index in [1.165, 1.54) is 6.07 Å². The topological polar surface area (TPSA) is 70.9 Å². The van der Waals surface area contributed by atoms with E-state index in [-0.39, 0.29) is 5.56 Å². The van der Waals surface area contributed by atoms with Gasteiger partial charge in [-0.25, -0.2) is 4.79 Å². The Kier molecular flexibility index (Phi) is 5.62. The van der Waals surface area contributed by atoms with E-state index in [9.17, 15) is 4.79 Å². The Labute approximate surface area is 151 Å². The summed E-state index contributed by atoms with van der Waals surface area (Å²) in [7, 11) is 0. The highest BCUT2D eigenvalue weighted by atomic mass is 16.5. The van der Waals surface area contributed by atoms with Crippen molar-refractivity contribution in [2.75, 3.05) is 5.43 Å². The fourth-order valence-electron chi connectivity index (χ4n) is 2.33. The molecule has 3 aromatic carbocycles. The third kappa shape index (κ3) is 4.70. The predicted octanol–water partition coefficient (Wildman–Crippen LogP) is 4.41. The number of ether oxygens (including phenoxy) is 1. The number of hydrogen-bond donors (Lipinski definition) is 2. The summed E-state index contributed by atoms with van der Waals surface area (Å²) >= 11 is 0. The quantitative estimate of drug-likeness (QED) is 0.491. The maximum atomic E-state index is 11.2. The summed E-state index contributed by atoms with van der Waals surface area (Å²) in [5.74, 6) is -0.224. The van der Waals surface area contributed by atoms with E-state index >= 15 is 0 Å². The maximum Gasteiger partial charge on any atom is 0.337 e. The van der Waals surface area contributed by atoms with Crippen molar-refractivity contribution in [2.45, 2.75) is 6.61 Å². The predicted molar refractivity (Wildman–Crippen MR) is 102 cm³/mol. The second-order valence-corrected chi connectivity index (χ2v) is 5.56. The lowest BCUT2D eigenvalue weighted by molar-refractivity contribution is 0.0698. The minimum Gasteiger partial charge on any atom is -0.489 e. The fourth-order valence-corrected chi connectivity index (χ4v) is 2.33. The Bertz CT molecular complexity index is 891. The van der Waals surface area contributed by atoms with E-state index in [1.54, 1.807) is 24.4 Å². The summed E-state index contributed by atoms with van der Waals surface area (Å²) in [6, 6.07) is 24.1. The van der Waals surface area contributed by atoms with Gasteiger partial charge in [0.2, 0.25) is 0 Å². The average molecular weight is 346 g/mol. The molecule has 0 aliphatic heterocycles. The van der Waals surface area contributed by atoms with Crippen molar-refractivity contribution < 1.29 is 14.6 Å². The lowest BCUT2D eigenvalue weighted by Gasteiger charge is -2.06. The van der Waals surface area contributed by atoms with Gasteiger partial charge in [0.15, 0.2) is 0 Å². The number of rotatable bonds is 7. The molecule has 3 rings (SSSR count). The third-order valence-corrected chi connectivity index (χ3v) is 3.68. The summed E-state index contributed by atoms with van der Waals surface area (Å²) in [6.07, 6.45) is 1.62. The number of nitrogens with one attached hydrogen (secondary N) is 1. The Morgan fingerprint density at radius 1 is 0.962 bits per heavy atom. The van der Waals surface area contributed by atoms with Crippen molar-refractivity contribution in [2.24, 2.45) is 5.10 Å². The van der Waals surface area contributed by atoms with Crippen LogP contribution < -0.4 is 10.2 Å². The number of benzene rings is 3. The second-order valence-electron chi connectivity index (χ2n) is 5.56. The van der Waals surface area contributed by atoms with Gasteiger partial charge >= 0.3 is 5.97 Å². The summed E-state index contributed by atoms with van der Waals surface area (Å²) in [4.78, 5) is 11.2. The molecule has 0 aromatic heterocycles. The highest BCUT2D eigenvalue weighted by Gasteiger charge is 2.07. The SMILES string of the molecule is O=C(O)c1ccccc1N/N=C/c1ccc(OCc2ccccc2)cc1. The minimum absolute atomic E-state index is 0.175. The molecule has 3 aromatic rings. The number of carboxylic acids is 1. The van der Waals surface area contributed by atoms with Crippen LogP contribution in [-0.4, -0.2) is 17.3 Å². The Morgan fingerprint density at radius 3 is 2.38 bits per heavy atom. The molecule has 0 spiro atoms. The summed E-state index contributed by atoms with van der Waals surface area (Å²) in [5, 5.41) is 13.2. The molecule has 2 N–H and O–H groups in total. The van der Waals surface area contributed by atoms with Crippen LogP contribution in [0.15, 0.2) is 84.0 Å². The molecule has 0 aliphatic rings. The van der Waals surface area contributed by atoms with Gasteiger partial charge in [-0.05, 0) is 47.5 Å². The van der Waals surface area contributed by atoms with E-state index in [0.717, 1.165) is 16.9 Å². The summed E-state index contributed by atoms with van der Waals surface area (Å²) < 4.78 is 5.74. The van der Waals surface area contributed by atoms with Crippen LogP contribution in [0.1, 0.15) is 21.5 Å². The number of para-hydroxylation sites is 1. The Morgan fingerprint density at radius 2 is 1.65 bits per heavy atom. The summed E-state index contributed by atoms with van der Waals surface area (Å²) in [6.45, 7) is 0.516. The summed E-state index contributed by atoms with van der Waals surface area (Å²) in [5.41, 5.74) is 5.36. The number of aromatic carboxylic acids is 1. The van der Waals surface area contributed by atoms with Crippen LogP contribution in [0.25, 0.3) is 0 Å². The maximum absolute atomic E-state index is 11.2. The largest absolute Gasteiger partial charge is 0.489 e. The van der Waals surface area contributed by atoms with Gasteiger partial charge in [-0.3, -0.25) is 5.43 Å². The number of hydrogen-bond acceptors (Lipinski definition) is 4. The fraction of sp³-hybridized carbons (Fsp3) is 0.0476. The standard InChI is InChI=1S/C21H18N2O3/c24-21(25)19-8-4-5-9-20(19)23-22-14-16-10-12-18(13-11-16)26-15-17-6-2-1-3-7-17/h1-14,23H,15H2,(H,24,25)/b22-14+. The zero-order valence-electron chi connectivity index (χ0n) is 14.0. The van der Waals surface area contributed by atoms with Crippen LogP contribution in [0.4, 0.5) is 5.69 Å². The van der Waals surface area contributed by atoms with Gasteiger partial charge in [0, 0.05) is 0 Å². The zero-order valence-corrected chi connectivity index (χ0v) is 14.0. The molecule has 0 amide bonds. The van der Waals surface area contributed by atoms with Gasteiger partial charge in [-0.15, -0.1) is 0 Å². The number of anilines is 1. The molecule has 0 unspecified atom stereocenters. The minimum atomic E-state index is -0.997. The average Bonchev–Trinajstić information content (AvgIpc) is 2.68. The van der Waals surface area contributed by atoms with Gasteiger partial charge in [0.05, 0.1) is 17.5 Å². The molecule has 26 heavy (non-hydrogen) atoms. The molecule has 5 nitrogen and oxygen atoms in total. The van der Waals surface area contributed by atoms with E-state index in [1.807, 2.05) is 54.6 Å². The molecule has 0 fully saturated rings. The molecule has 0 bridgehead atoms. The van der Waals surface area contributed by atoms with Crippen LogP contribution in [0.3, 0.4) is 0 Å². The highest BCUT2D eigenvalue weighted by Crippen LogP contribution is 2.16. The normalized spacial score (nSPS) is 10.6. The van der Waals surface area contributed by atoms with Gasteiger partial charge in [0.25, 0.3) is 0 Å². The molecule has 0 atom stereocenters. The number of hydrazone groups is 1. The van der Waals surface area contributed by atoms with Gasteiger partial charge in [-0.1, -0.05) is 42.5 Å². The molecule has 0 radical (unpaired) electrons. The van der Waals surface area contributed by atoms with Gasteiger partial charge < -0.3 is 9.84 Å². The van der Waals surface area contributed by atoms with Crippen LogP contribution in [0.5, 0.6) is 5.75 Å². The highest BCUT2D eigenvalue weighted by molar-refractivity contribution is 5.94. The molecular weight excluding hydrogens is 328 g/mol. The molecule has 0 aliphatic carbocycles. The molecule has 0 heterocycles. The lowest BCUT2D eigenvalue weighted by Crippen LogP contribution is -2.02. The molecule has 5 heteroatoms. The monoisotopic (exact) mass is 346 g/mol. The van der Waals surface area contributed by atoms with Crippen molar-refractivity contribution in [3.63, 3.8) is 0 Å². The first-order chi connectivity index (χ1) is 12.7. The second kappa shape index (κ2) is 8.48. The smallest absolute Gasteiger partial charge is 0.337 e. The van der Waals surface area contributed by atoms with Crippen molar-refractivity contribution in [1.29, 1.82) is 0 Å². The van der Waals surface area contributed by atoms with Crippen LogP contribution in [0.2, 0.25) is 0 Å². The van der Waals surface area contributed by atoms with Crippen molar-refractivity contribution >= 4 is 17.9 Å². The number of carbonyl (C=O) groups is 1. The van der Waals surface area contributed by atoms with Gasteiger partial charge in [0.1, 0.15) is 12.4 Å². The Balaban J connectivity index is 1.57. The lowest BCUT2D eigenvalue weighted by atomic mass is 10.2. The van der Waals surface area contributed by atoms with E-state index in [0.29, 0.717) is 12.3 Å². The van der Waals surface area contributed by atoms with Gasteiger partial charge in [-0.2, -0.15) is 5.10 Å². The Hall–Kier alpha value is -3.60. The van der Waals surface area contributed by atoms with Crippen molar-refractivity contribution in [1.82, 2.24) is 0 Å². The molecule has 0 saturated carbocycles. The van der Waals surface area contributed by atoms with Crippen molar-refractivity contribution in [3.8, 4) is 5.75 Å². The number of carboxylic acid groups (broad SMARTS) is 1.